The zero-order chi connectivity index (χ0) is 17.4. The van der Waals surface area contributed by atoms with Crippen LogP contribution in [0.5, 0.6) is 0 Å². The Morgan fingerprint density at radius 2 is 1.92 bits per heavy atom. The molecule has 1 aromatic carbocycles. The van der Waals surface area contributed by atoms with Crippen LogP contribution in [-0.2, 0) is 9.47 Å². The minimum Gasteiger partial charge on any atom is -0.347 e. The summed E-state index contributed by atoms with van der Waals surface area (Å²) in [6.07, 6.45) is 1.40. The van der Waals surface area contributed by atoms with Crippen LogP contribution in [0.15, 0.2) is 30.3 Å². The Labute approximate surface area is 151 Å². The summed E-state index contributed by atoms with van der Waals surface area (Å²) >= 11 is 6.06. The molecule has 1 amide bonds. The van der Waals surface area contributed by atoms with E-state index in [0.29, 0.717) is 49.9 Å². The molecule has 0 atom stereocenters. The molecule has 0 unspecified atom stereocenters. The molecule has 0 radical (unpaired) electrons. The monoisotopic (exact) mass is 361 g/mol. The Morgan fingerprint density at radius 1 is 1.20 bits per heavy atom. The van der Waals surface area contributed by atoms with Gasteiger partial charge in [-0.3, -0.25) is 4.79 Å². The number of carbonyl (C=O) groups excluding carboxylic acids is 1. The lowest BCUT2D eigenvalue weighted by molar-refractivity contribution is -0.181. The first-order valence-corrected chi connectivity index (χ1v) is 8.84. The van der Waals surface area contributed by atoms with E-state index in [1.54, 1.807) is 4.68 Å². The number of aryl methyl sites for hydroxylation is 1. The van der Waals surface area contributed by atoms with Crippen molar-refractivity contribution in [3.8, 4) is 5.69 Å². The molecule has 0 saturated carbocycles. The molecule has 2 aliphatic rings. The molecule has 7 heteroatoms. The molecule has 2 aliphatic heterocycles. The van der Waals surface area contributed by atoms with Crippen molar-refractivity contribution in [2.24, 2.45) is 0 Å². The Hall–Kier alpha value is -1.89. The van der Waals surface area contributed by atoms with Crippen molar-refractivity contribution in [2.75, 3.05) is 26.3 Å². The van der Waals surface area contributed by atoms with Crippen LogP contribution < -0.4 is 0 Å². The van der Waals surface area contributed by atoms with Crippen molar-refractivity contribution in [2.45, 2.75) is 25.6 Å². The van der Waals surface area contributed by atoms with Gasteiger partial charge in [-0.2, -0.15) is 5.10 Å². The normalized spacial score (nSPS) is 19.5. The van der Waals surface area contributed by atoms with Crippen LogP contribution in [0.1, 0.15) is 29.0 Å². The predicted molar refractivity (Wildman–Crippen MR) is 93.1 cm³/mol. The number of rotatable bonds is 2. The summed E-state index contributed by atoms with van der Waals surface area (Å²) in [4.78, 5) is 14.6. The third-order valence-electron chi connectivity index (χ3n) is 4.79. The van der Waals surface area contributed by atoms with E-state index in [1.807, 2.05) is 42.2 Å². The van der Waals surface area contributed by atoms with Crippen LogP contribution in [0.2, 0.25) is 5.02 Å². The van der Waals surface area contributed by atoms with Crippen LogP contribution in [0.3, 0.4) is 0 Å². The standard InChI is InChI=1S/C18H20ClN3O3/c1-13-11-16(20-22(13)15-4-2-3-14(19)12-15)17(23)21-7-5-18(6-8-21)24-9-10-25-18/h2-4,11-12H,5-10H2,1H3. The lowest BCUT2D eigenvalue weighted by Gasteiger charge is -2.37. The fourth-order valence-electron chi connectivity index (χ4n) is 3.45. The number of aromatic nitrogens is 2. The number of ether oxygens (including phenoxy) is 2. The molecule has 3 heterocycles. The van der Waals surface area contributed by atoms with Crippen molar-refractivity contribution in [1.29, 1.82) is 0 Å². The van der Waals surface area contributed by atoms with Gasteiger partial charge >= 0.3 is 0 Å². The maximum atomic E-state index is 12.8. The van der Waals surface area contributed by atoms with Crippen molar-refractivity contribution in [3.63, 3.8) is 0 Å². The number of halogens is 1. The van der Waals surface area contributed by atoms with Gasteiger partial charge in [-0.15, -0.1) is 0 Å². The summed E-state index contributed by atoms with van der Waals surface area (Å²) in [5.74, 6) is -0.538. The largest absolute Gasteiger partial charge is 0.347 e. The average Bonchev–Trinajstić information content (AvgIpc) is 3.22. The molecule has 2 saturated heterocycles. The maximum Gasteiger partial charge on any atom is 0.274 e. The zero-order valence-electron chi connectivity index (χ0n) is 14.1. The smallest absolute Gasteiger partial charge is 0.274 e. The van der Waals surface area contributed by atoms with E-state index < -0.39 is 5.79 Å². The van der Waals surface area contributed by atoms with Gasteiger partial charge in [-0.1, -0.05) is 17.7 Å². The molecule has 25 heavy (non-hydrogen) atoms. The third kappa shape index (κ3) is 3.17. The van der Waals surface area contributed by atoms with E-state index in [4.69, 9.17) is 21.1 Å². The van der Waals surface area contributed by atoms with Gasteiger partial charge in [0.15, 0.2) is 11.5 Å². The lowest BCUT2D eigenvalue weighted by Crippen LogP contribution is -2.47. The number of carbonyl (C=O) groups is 1. The van der Waals surface area contributed by atoms with Crippen LogP contribution >= 0.6 is 11.6 Å². The predicted octanol–water partition coefficient (Wildman–Crippen LogP) is 2.81. The molecular formula is C18H20ClN3O3. The van der Waals surface area contributed by atoms with Gasteiger partial charge in [-0.25, -0.2) is 4.68 Å². The van der Waals surface area contributed by atoms with Gasteiger partial charge < -0.3 is 14.4 Å². The Kier molecular flexibility index (Phi) is 4.27. The second-order valence-electron chi connectivity index (χ2n) is 6.46. The summed E-state index contributed by atoms with van der Waals surface area (Å²) in [7, 11) is 0. The topological polar surface area (TPSA) is 56.6 Å². The molecule has 132 valence electrons. The highest BCUT2D eigenvalue weighted by Gasteiger charge is 2.41. The number of benzene rings is 1. The molecule has 0 aliphatic carbocycles. The number of piperidine rings is 1. The van der Waals surface area contributed by atoms with E-state index in [1.165, 1.54) is 0 Å². The molecule has 2 aromatic rings. The summed E-state index contributed by atoms with van der Waals surface area (Å²) in [5.41, 5.74) is 2.18. The van der Waals surface area contributed by atoms with Gasteiger partial charge in [0, 0.05) is 36.6 Å². The summed E-state index contributed by atoms with van der Waals surface area (Å²) in [5, 5.41) is 5.13. The van der Waals surface area contributed by atoms with Crippen LogP contribution in [0.25, 0.3) is 5.69 Å². The SMILES string of the molecule is Cc1cc(C(=O)N2CCC3(CC2)OCCO3)nn1-c1cccc(Cl)c1. The highest BCUT2D eigenvalue weighted by atomic mass is 35.5. The minimum atomic E-state index is -0.479. The maximum absolute atomic E-state index is 12.8. The van der Waals surface area contributed by atoms with Gasteiger partial charge in [0.25, 0.3) is 5.91 Å². The van der Waals surface area contributed by atoms with E-state index >= 15 is 0 Å². The van der Waals surface area contributed by atoms with Gasteiger partial charge in [-0.05, 0) is 31.2 Å². The van der Waals surface area contributed by atoms with E-state index in [0.717, 1.165) is 11.4 Å². The molecule has 2 fully saturated rings. The number of nitrogens with zero attached hydrogens (tertiary/aromatic N) is 3. The van der Waals surface area contributed by atoms with Crippen LogP contribution in [0, 0.1) is 6.92 Å². The highest BCUT2D eigenvalue weighted by Crippen LogP contribution is 2.31. The quantitative estimate of drug-likeness (QED) is 0.825. The van der Waals surface area contributed by atoms with Gasteiger partial charge in [0.05, 0.1) is 18.9 Å². The summed E-state index contributed by atoms with van der Waals surface area (Å²) in [6, 6.07) is 9.24. The fraction of sp³-hybridized carbons (Fsp3) is 0.444. The molecule has 0 bridgehead atoms. The van der Waals surface area contributed by atoms with Crippen molar-refractivity contribution >= 4 is 17.5 Å². The first-order chi connectivity index (χ1) is 12.1. The Balaban J connectivity index is 1.51. The van der Waals surface area contributed by atoms with Crippen molar-refractivity contribution in [3.05, 3.63) is 46.7 Å². The van der Waals surface area contributed by atoms with Crippen LogP contribution in [0.4, 0.5) is 0 Å². The number of hydrogen-bond acceptors (Lipinski definition) is 4. The average molecular weight is 362 g/mol. The summed E-state index contributed by atoms with van der Waals surface area (Å²) in [6.45, 7) is 4.42. The lowest BCUT2D eigenvalue weighted by atomic mass is 10.0. The number of likely N-dealkylation sites (tertiary alicyclic amines) is 1. The first kappa shape index (κ1) is 16.6. The highest BCUT2D eigenvalue weighted by molar-refractivity contribution is 6.30. The van der Waals surface area contributed by atoms with Crippen molar-refractivity contribution < 1.29 is 14.3 Å². The molecule has 0 N–H and O–H groups in total. The second-order valence-corrected chi connectivity index (χ2v) is 6.90. The third-order valence-corrected chi connectivity index (χ3v) is 5.02. The molecular weight excluding hydrogens is 342 g/mol. The Bertz CT molecular complexity index is 789. The summed E-state index contributed by atoms with van der Waals surface area (Å²) < 4.78 is 13.2. The van der Waals surface area contributed by atoms with Crippen molar-refractivity contribution in [1.82, 2.24) is 14.7 Å². The number of hydrogen-bond donors (Lipinski definition) is 0. The van der Waals surface area contributed by atoms with E-state index in [9.17, 15) is 4.79 Å². The molecule has 1 spiro atoms. The number of amides is 1. The Morgan fingerprint density at radius 3 is 2.60 bits per heavy atom. The van der Waals surface area contributed by atoms with Crippen LogP contribution in [-0.4, -0.2) is 52.7 Å². The van der Waals surface area contributed by atoms with Gasteiger partial charge in [0.2, 0.25) is 0 Å². The first-order valence-electron chi connectivity index (χ1n) is 8.46. The fourth-order valence-corrected chi connectivity index (χ4v) is 3.63. The molecule has 4 rings (SSSR count). The van der Waals surface area contributed by atoms with Gasteiger partial charge in [0.1, 0.15) is 0 Å². The van der Waals surface area contributed by atoms with E-state index in [2.05, 4.69) is 5.10 Å². The van der Waals surface area contributed by atoms with E-state index in [-0.39, 0.29) is 5.91 Å². The minimum absolute atomic E-state index is 0.0586. The zero-order valence-corrected chi connectivity index (χ0v) is 14.8. The molecule has 1 aromatic heterocycles. The molecule has 6 nitrogen and oxygen atoms in total. The second kappa shape index (κ2) is 6.44.